The molecule has 2 aliphatic heterocycles. The molecule has 20 heavy (non-hydrogen) atoms. The van der Waals surface area contributed by atoms with Gasteiger partial charge in [0.25, 0.3) is 0 Å². The monoisotopic (exact) mass is 276 g/mol. The largest absolute Gasteiger partial charge is 0.458 e. The van der Waals surface area contributed by atoms with Gasteiger partial charge in [0.2, 0.25) is 0 Å². The van der Waals surface area contributed by atoms with Crippen LogP contribution < -0.4 is 0 Å². The molecule has 4 heteroatoms. The molecule has 2 heterocycles. The molecule has 2 saturated carbocycles. The Morgan fingerprint density at radius 1 is 0.650 bits per heavy atom. The quantitative estimate of drug-likeness (QED) is 0.504. The van der Waals surface area contributed by atoms with Crippen LogP contribution in [0.25, 0.3) is 0 Å². The Balaban J connectivity index is 1.75. The highest BCUT2D eigenvalue weighted by Crippen LogP contribution is 2.46. The highest BCUT2D eigenvalue weighted by Gasteiger charge is 2.50. The van der Waals surface area contributed by atoms with Crippen molar-refractivity contribution in [2.24, 2.45) is 11.8 Å². The van der Waals surface area contributed by atoms with Gasteiger partial charge in [-0.2, -0.15) is 0 Å². The van der Waals surface area contributed by atoms with Crippen LogP contribution in [0.5, 0.6) is 0 Å². The minimum absolute atomic E-state index is 0.00851. The second-order valence-electron chi connectivity index (χ2n) is 6.50. The zero-order valence-corrected chi connectivity index (χ0v) is 11.6. The van der Waals surface area contributed by atoms with E-state index in [9.17, 15) is 9.59 Å². The van der Waals surface area contributed by atoms with Crippen molar-refractivity contribution in [1.29, 1.82) is 0 Å². The van der Waals surface area contributed by atoms with Crippen LogP contribution in [0, 0.1) is 11.8 Å². The Labute approximate surface area is 118 Å². The number of esters is 2. The van der Waals surface area contributed by atoms with Crippen molar-refractivity contribution in [1.82, 2.24) is 0 Å². The topological polar surface area (TPSA) is 52.6 Å². The zero-order chi connectivity index (χ0) is 13.7. The van der Waals surface area contributed by atoms with Crippen LogP contribution in [0.3, 0.4) is 0 Å². The van der Waals surface area contributed by atoms with Gasteiger partial charge in [-0.3, -0.25) is 0 Å². The normalized spacial score (nSPS) is 43.8. The third-order valence-electron chi connectivity index (χ3n) is 5.39. The minimum Gasteiger partial charge on any atom is -0.458 e. The van der Waals surface area contributed by atoms with E-state index in [4.69, 9.17) is 9.47 Å². The van der Waals surface area contributed by atoms with Crippen LogP contribution >= 0.6 is 0 Å². The summed E-state index contributed by atoms with van der Waals surface area (Å²) in [7, 11) is 0. The summed E-state index contributed by atoms with van der Waals surface area (Å²) in [4.78, 5) is 24.5. The number of carbonyl (C=O) groups is 2. The zero-order valence-electron chi connectivity index (χ0n) is 11.6. The van der Waals surface area contributed by atoms with Crippen LogP contribution in [0.15, 0.2) is 11.1 Å². The average molecular weight is 276 g/mol. The summed E-state index contributed by atoms with van der Waals surface area (Å²) in [5.74, 6) is -0.223. The van der Waals surface area contributed by atoms with Crippen LogP contribution in [0.4, 0.5) is 0 Å². The van der Waals surface area contributed by atoms with E-state index < -0.39 is 0 Å². The van der Waals surface area contributed by atoms with Gasteiger partial charge in [-0.25, -0.2) is 9.59 Å². The second kappa shape index (κ2) is 4.61. The fourth-order valence-electron chi connectivity index (χ4n) is 4.46. The Bertz CT molecular complexity index is 449. The lowest BCUT2D eigenvalue weighted by molar-refractivity contribution is -0.141. The summed E-state index contributed by atoms with van der Waals surface area (Å²) in [6.07, 6.45) is 8.33. The Morgan fingerprint density at radius 3 is 1.50 bits per heavy atom. The molecule has 2 saturated heterocycles. The first kappa shape index (κ1) is 12.4. The van der Waals surface area contributed by atoms with Gasteiger partial charge in [0, 0.05) is 11.8 Å². The lowest BCUT2D eigenvalue weighted by Crippen LogP contribution is -2.24. The molecule has 0 bridgehead atoms. The van der Waals surface area contributed by atoms with E-state index in [0.717, 1.165) is 51.4 Å². The highest BCUT2D eigenvalue weighted by molar-refractivity contribution is 6.03. The molecule has 0 aromatic carbocycles. The van der Waals surface area contributed by atoms with Gasteiger partial charge in [-0.15, -0.1) is 0 Å². The van der Waals surface area contributed by atoms with Crippen molar-refractivity contribution < 1.29 is 19.1 Å². The van der Waals surface area contributed by atoms with Crippen LogP contribution in [-0.4, -0.2) is 24.1 Å². The van der Waals surface area contributed by atoms with E-state index in [0.29, 0.717) is 11.1 Å². The summed E-state index contributed by atoms with van der Waals surface area (Å²) in [5.41, 5.74) is 1.35. The molecule has 4 fully saturated rings. The molecule has 2 aliphatic carbocycles. The van der Waals surface area contributed by atoms with Crippen LogP contribution in [0.1, 0.15) is 51.4 Å². The maximum Gasteiger partial charge on any atom is 0.335 e. The molecule has 0 radical (unpaired) electrons. The Morgan fingerprint density at radius 2 is 1.05 bits per heavy atom. The Hall–Kier alpha value is -1.32. The molecule has 108 valence electrons. The number of fused-ring (bicyclic) bond motifs is 2. The summed E-state index contributed by atoms with van der Waals surface area (Å²) in [6, 6.07) is 0. The smallest absolute Gasteiger partial charge is 0.335 e. The molecule has 0 amide bonds. The number of carbonyl (C=O) groups excluding carboxylic acids is 2. The summed E-state index contributed by atoms with van der Waals surface area (Å²) in [6.45, 7) is 0. The van der Waals surface area contributed by atoms with Gasteiger partial charge in [0.15, 0.2) is 0 Å². The molecule has 0 aromatic heterocycles. The standard InChI is InChI=1S/C16H20O4/c17-15-13(9-5-1-3-7-11(9)19-15)14-10-6-2-4-8-12(10)20-16(14)18/h9-12H,1-8H2/b14-13+/t9-,10-,11+,12+/m1/s1. The van der Waals surface area contributed by atoms with Crippen molar-refractivity contribution >= 4 is 11.9 Å². The van der Waals surface area contributed by atoms with E-state index in [1.165, 1.54) is 0 Å². The van der Waals surface area contributed by atoms with Crippen molar-refractivity contribution in [2.45, 2.75) is 63.6 Å². The van der Waals surface area contributed by atoms with Crippen molar-refractivity contribution in [2.75, 3.05) is 0 Å². The molecular formula is C16H20O4. The van der Waals surface area contributed by atoms with Gasteiger partial charge in [-0.05, 0) is 38.5 Å². The average Bonchev–Trinajstić information content (AvgIpc) is 2.94. The molecule has 0 N–H and O–H groups in total. The molecule has 4 nitrogen and oxygen atoms in total. The maximum atomic E-state index is 12.3. The molecular weight excluding hydrogens is 256 g/mol. The Kier molecular flexibility index (Phi) is 2.86. The number of rotatable bonds is 0. The van der Waals surface area contributed by atoms with Gasteiger partial charge in [0.1, 0.15) is 12.2 Å². The lowest BCUT2D eigenvalue weighted by Gasteiger charge is -2.25. The van der Waals surface area contributed by atoms with E-state index in [1.807, 2.05) is 0 Å². The van der Waals surface area contributed by atoms with Crippen LogP contribution in [0.2, 0.25) is 0 Å². The molecule has 0 spiro atoms. The van der Waals surface area contributed by atoms with Gasteiger partial charge >= 0.3 is 11.9 Å². The fourth-order valence-corrected chi connectivity index (χ4v) is 4.46. The fraction of sp³-hybridized carbons (Fsp3) is 0.750. The molecule has 4 rings (SSSR count). The van der Waals surface area contributed by atoms with Gasteiger partial charge in [-0.1, -0.05) is 12.8 Å². The van der Waals surface area contributed by atoms with Crippen molar-refractivity contribution in [3.8, 4) is 0 Å². The predicted molar refractivity (Wildman–Crippen MR) is 70.7 cm³/mol. The summed E-state index contributed by atoms with van der Waals surface area (Å²) in [5, 5.41) is 0. The summed E-state index contributed by atoms with van der Waals surface area (Å²) < 4.78 is 11.0. The van der Waals surface area contributed by atoms with E-state index in [1.54, 1.807) is 0 Å². The third-order valence-corrected chi connectivity index (χ3v) is 5.39. The van der Waals surface area contributed by atoms with Crippen molar-refractivity contribution in [3.05, 3.63) is 11.1 Å². The summed E-state index contributed by atoms with van der Waals surface area (Å²) >= 11 is 0. The highest BCUT2D eigenvalue weighted by atomic mass is 16.6. The van der Waals surface area contributed by atoms with E-state index in [2.05, 4.69) is 0 Å². The molecule has 0 unspecified atom stereocenters. The first-order valence-corrected chi connectivity index (χ1v) is 7.91. The maximum absolute atomic E-state index is 12.3. The first-order valence-electron chi connectivity index (χ1n) is 7.91. The predicted octanol–water partition coefficient (Wildman–Crippen LogP) is 2.51. The minimum atomic E-state index is -0.250. The van der Waals surface area contributed by atoms with E-state index >= 15 is 0 Å². The molecule has 4 atom stereocenters. The lowest BCUT2D eigenvalue weighted by atomic mass is 9.76. The van der Waals surface area contributed by atoms with E-state index in [-0.39, 0.29) is 36.0 Å². The molecule has 4 aliphatic rings. The SMILES string of the molecule is O=C1O[C@H]2CCCC[C@H]2/C1=C1\C(=O)O[C@H]2CCCC[C@@H]12. The molecule has 0 aromatic rings. The van der Waals surface area contributed by atoms with Gasteiger partial charge < -0.3 is 9.47 Å². The number of ether oxygens (including phenoxy) is 2. The first-order chi connectivity index (χ1) is 9.75. The number of hydrogen-bond donors (Lipinski definition) is 0. The van der Waals surface area contributed by atoms with Crippen LogP contribution in [-0.2, 0) is 19.1 Å². The van der Waals surface area contributed by atoms with Gasteiger partial charge in [0.05, 0.1) is 11.1 Å². The number of hydrogen-bond acceptors (Lipinski definition) is 4. The second-order valence-corrected chi connectivity index (χ2v) is 6.50. The third kappa shape index (κ3) is 1.73. The van der Waals surface area contributed by atoms with Crippen molar-refractivity contribution in [3.63, 3.8) is 0 Å².